The number of hydrogen-bond donors (Lipinski definition) is 0. The summed E-state index contributed by atoms with van der Waals surface area (Å²) in [5.74, 6) is 0. The molecule has 0 heterocycles. The van der Waals surface area contributed by atoms with Gasteiger partial charge in [-0.1, -0.05) is 38.0 Å². The Morgan fingerprint density at radius 3 is 2.17 bits per heavy atom. The van der Waals surface area contributed by atoms with Gasteiger partial charge >= 0.3 is 7.60 Å². The van der Waals surface area contributed by atoms with Crippen molar-refractivity contribution < 1.29 is 13.6 Å². The maximum Gasteiger partial charge on any atom is 0.360 e. The molecule has 0 aromatic rings. The van der Waals surface area contributed by atoms with Gasteiger partial charge in [-0.2, -0.15) is 0 Å². The minimum atomic E-state index is -3.11. The minimum Gasteiger partial charge on any atom is -0.306 e. The Kier molecular flexibility index (Phi) is 10.3. The second kappa shape index (κ2) is 10.5. The molecule has 0 rings (SSSR count). The van der Waals surface area contributed by atoms with Crippen molar-refractivity contribution in [1.82, 2.24) is 0 Å². The molecular weight excluding hydrogens is 247 g/mol. The third-order valence-corrected chi connectivity index (χ3v) is 4.71. The minimum absolute atomic E-state index is 0.387. The molecule has 0 bridgehead atoms. The van der Waals surface area contributed by atoms with Crippen LogP contribution in [0.1, 0.15) is 53.4 Å². The average Bonchev–Trinajstić information content (AvgIpc) is 2.34. The van der Waals surface area contributed by atoms with Crippen molar-refractivity contribution in [2.75, 3.05) is 13.2 Å². The van der Waals surface area contributed by atoms with Gasteiger partial charge in [-0.15, -0.1) is 0 Å². The Hall–Kier alpha value is -0.370. The van der Waals surface area contributed by atoms with Gasteiger partial charge in [0.15, 0.2) is 0 Å². The molecule has 0 amide bonds. The maximum atomic E-state index is 12.5. The topological polar surface area (TPSA) is 35.5 Å². The van der Waals surface area contributed by atoms with E-state index in [1.807, 2.05) is 32.9 Å². The van der Waals surface area contributed by atoms with Crippen LogP contribution in [0.5, 0.6) is 0 Å². The molecule has 0 aliphatic carbocycles. The zero-order valence-electron chi connectivity index (χ0n) is 12.1. The first-order valence-corrected chi connectivity index (χ1v) is 8.41. The van der Waals surface area contributed by atoms with Crippen LogP contribution in [0.2, 0.25) is 0 Å². The van der Waals surface area contributed by atoms with Gasteiger partial charge in [-0.05, 0) is 33.6 Å². The number of hydrogen-bond acceptors (Lipinski definition) is 3. The fourth-order valence-electron chi connectivity index (χ4n) is 1.59. The van der Waals surface area contributed by atoms with Gasteiger partial charge in [0.05, 0.1) is 18.5 Å². The van der Waals surface area contributed by atoms with Gasteiger partial charge in [-0.3, -0.25) is 4.57 Å². The van der Waals surface area contributed by atoms with Crippen LogP contribution < -0.4 is 0 Å². The van der Waals surface area contributed by atoms with Gasteiger partial charge in [0.2, 0.25) is 0 Å². The summed E-state index contributed by atoms with van der Waals surface area (Å²) in [5, 5.41) is 0.655. The lowest BCUT2D eigenvalue weighted by Crippen LogP contribution is -1.97. The quantitative estimate of drug-likeness (QED) is 0.308. The van der Waals surface area contributed by atoms with E-state index in [0.717, 1.165) is 12.8 Å². The molecule has 0 unspecified atom stereocenters. The largest absolute Gasteiger partial charge is 0.360 e. The third kappa shape index (κ3) is 6.53. The Morgan fingerprint density at radius 2 is 1.72 bits per heavy atom. The highest BCUT2D eigenvalue weighted by Crippen LogP contribution is 2.56. The van der Waals surface area contributed by atoms with E-state index in [0.29, 0.717) is 18.5 Å². The Bertz CT molecular complexity index is 298. The fraction of sp³-hybridized carbons (Fsp3) is 0.714. The van der Waals surface area contributed by atoms with Crippen LogP contribution in [0.15, 0.2) is 23.5 Å². The first-order valence-electron chi connectivity index (χ1n) is 6.87. The molecule has 0 saturated heterocycles. The van der Waals surface area contributed by atoms with E-state index in [9.17, 15) is 4.57 Å². The van der Waals surface area contributed by atoms with Crippen LogP contribution in [-0.2, 0) is 13.6 Å². The molecular formula is C14H27O3P. The van der Waals surface area contributed by atoms with Crippen molar-refractivity contribution in [3.63, 3.8) is 0 Å². The Morgan fingerprint density at radius 1 is 1.11 bits per heavy atom. The first kappa shape index (κ1) is 17.6. The summed E-state index contributed by atoms with van der Waals surface area (Å²) in [4.78, 5) is 0. The van der Waals surface area contributed by atoms with E-state index in [1.165, 1.54) is 12.8 Å². The van der Waals surface area contributed by atoms with Gasteiger partial charge in [0.25, 0.3) is 0 Å². The molecule has 0 atom stereocenters. The predicted molar refractivity (Wildman–Crippen MR) is 77.9 cm³/mol. The molecule has 0 aliphatic rings. The van der Waals surface area contributed by atoms with Crippen LogP contribution in [0, 0.1) is 0 Å². The Balaban J connectivity index is 4.57. The summed E-state index contributed by atoms with van der Waals surface area (Å²) in [7, 11) is -3.11. The van der Waals surface area contributed by atoms with E-state index >= 15 is 0 Å². The van der Waals surface area contributed by atoms with Crippen molar-refractivity contribution >= 4 is 7.60 Å². The fourth-order valence-corrected chi connectivity index (χ4v) is 3.24. The van der Waals surface area contributed by atoms with Crippen LogP contribution in [-0.4, -0.2) is 13.2 Å². The van der Waals surface area contributed by atoms with Crippen LogP contribution >= 0.6 is 7.60 Å². The van der Waals surface area contributed by atoms with Crippen molar-refractivity contribution in [3.05, 3.63) is 23.5 Å². The lowest BCUT2D eigenvalue weighted by molar-refractivity contribution is 0.227. The van der Waals surface area contributed by atoms with Crippen molar-refractivity contribution in [3.8, 4) is 0 Å². The van der Waals surface area contributed by atoms with Crippen molar-refractivity contribution in [2.45, 2.75) is 53.4 Å². The molecule has 0 spiro atoms. The molecule has 0 aliphatic heterocycles. The second-order valence-electron chi connectivity index (χ2n) is 3.94. The van der Waals surface area contributed by atoms with Crippen LogP contribution in [0.4, 0.5) is 0 Å². The van der Waals surface area contributed by atoms with Gasteiger partial charge in [0.1, 0.15) is 0 Å². The van der Waals surface area contributed by atoms with Crippen molar-refractivity contribution in [1.29, 1.82) is 0 Å². The molecule has 0 saturated carbocycles. The third-order valence-electron chi connectivity index (χ3n) is 2.47. The molecule has 3 nitrogen and oxygen atoms in total. The summed E-state index contributed by atoms with van der Waals surface area (Å²) < 4.78 is 23.1. The average molecular weight is 274 g/mol. The summed E-state index contributed by atoms with van der Waals surface area (Å²) >= 11 is 0. The van der Waals surface area contributed by atoms with E-state index in [4.69, 9.17) is 9.05 Å². The summed E-state index contributed by atoms with van der Waals surface area (Å²) in [6.07, 6.45) is 10.3. The summed E-state index contributed by atoms with van der Waals surface area (Å²) in [5.41, 5.74) is 0. The highest BCUT2D eigenvalue weighted by Gasteiger charge is 2.26. The maximum absolute atomic E-state index is 12.5. The lowest BCUT2D eigenvalue weighted by Gasteiger charge is -2.17. The van der Waals surface area contributed by atoms with E-state index in [1.54, 1.807) is 0 Å². The highest BCUT2D eigenvalue weighted by molar-refractivity contribution is 7.58. The zero-order valence-corrected chi connectivity index (χ0v) is 13.0. The number of allylic oxidation sites excluding steroid dienone is 4. The number of unbranched alkanes of at least 4 members (excludes halogenated alkanes) is 3. The highest BCUT2D eigenvalue weighted by atomic mass is 31.2. The molecule has 4 heteroatoms. The number of rotatable bonds is 10. The molecule has 106 valence electrons. The standard InChI is InChI=1S/C14H27O3P/c1-5-9-10-11-12-13-14(6-2)18(15,16-7-3)17-8-4/h6,12-13H,5,7-11H2,1-4H3/b13-12+,14-6-. The monoisotopic (exact) mass is 274 g/mol. The van der Waals surface area contributed by atoms with E-state index in [2.05, 4.69) is 13.0 Å². The normalized spacial score (nSPS) is 13.4. The molecule has 0 N–H and O–H groups in total. The first-order chi connectivity index (χ1) is 8.64. The summed E-state index contributed by atoms with van der Waals surface area (Å²) in [6, 6.07) is 0. The van der Waals surface area contributed by atoms with Gasteiger partial charge < -0.3 is 9.05 Å². The summed E-state index contributed by atoms with van der Waals surface area (Å²) in [6.45, 7) is 8.46. The zero-order chi connectivity index (χ0) is 13.9. The molecule has 0 fully saturated rings. The molecule has 0 aromatic heterocycles. The van der Waals surface area contributed by atoms with Gasteiger partial charge in [-0.25, -0.2) is 0 Å². The van der Waals surface area contributed by atoms with E-state index < -0.39 is 7.60 Å². The van der Waals surface area contributed by atoms with E-state index in [-0.39, 0.29) is 0 Å². The molecule has 18 heavy (non-hydrogen) atoms. The smallest absolute Gasteiger partial charge is 0.306 e. The van der Waals surface area contributed by atoms with Gasteiger partial charge in [0, 0.05) is 0 Å². The lowest BCUT2D eigenvalue weighted by atomic mass is 10.2. The predicted octanol–water partition coefficient (Wildman–Crippen LogP) is 5.29. The van der Waals surface area contributed by atoms with Crippen LogP contribution in [0.3, 0.4) is 0 Å². The molecule has 0 aromatic carbocycles. The van der Waals surface area contributed by atoms with Crippen molar-refractivity contribution in [2.24, 2.45) is 0 Å². The SMILES string of the molecule is C/C=C(/C=C/CCCCC)P(=O)(OCC)OCC. The molecule has 0 radical (unpaired) electrons. The van der Waals surface area contributed by atoms with Crippen LogP contribution in [0.25, 0.3) is 0 Å². The second-order valence-corrected chi connectivity index (χ2v) is 5.97. The Labute approximate surface area is 112 Å².